The van der Waals surface area contributed by atoms with Crippen molar-refractivity contribution in [3.8, 4) is 0 Å². The van der Waals surface area contributed by atoms with Crippen LogP contribution in [0.1, 0.15) is 440 Å². The Morgan fingerprint density at radius 3 is 0.667 bits per heavy atom. The second kappa shape index (κ2) is 74.5. The number of phosphoric ester groups is 2. The van der Waals surface area contributed by atoms with Crippen LogP contribution in [0.25, 0.3) is 0 Å². The average molecular weight is 1490 g/mol. The van der Waals surface area contributed by atoms with Gasteiger partial charge in [-0.3, -0.25) is 37.3 Å². The number of aliphatic hydroxyl groups is 1. The van der Waals surface area contributed by atoms with Gasteiger partial charge in [-0.25, -0.2) is 9.13 Å². The molecule has 0 aromatic carbocycles. The van der Waals surface area contributed by atoms with E-state index in [0.717, 1.165) is 102 Å². The first kappa shape index (κ1) is 100. The predicted octanol–water partition coefficient (Wildman–Crippen LogP) is 25.1. The summed E-state index contributed by atoms with van der Waals surface area (Å²) in [5.74, 6) is -0.584. The maximum Gasteiger partial charge on any atom is 0.472 e. The number of carbonyl (C=O) groups excluding carboxylic acids is 4. The molecule has 0 bridgehead atoms. The molecule has 0 aromatic heterocycles. The molecule has 17 nitrogen and oxygen atoms in total. The van der Waals surface area contributed by atoms with Gasteiger partial charge in [0.15, 0.2) is 12.2 Å². The van der Waals surface area contributed by atoms with Gasteiger partial charge >= 0.3 is 39.5 Å². The summed E-state index contributed by atoms with van der Waals surface area (Å²) in [5.41, 5.74) is 0. The largest absolute Gasteiger partial charge is 0.472 e. The number of aliphatic hydroxyl groups excluding tert-OH is 1. The van der Waals surface area contributed by atoms with Gasteiger partial charge in [0.2, 0.25) is 0 Å². The van der Waals surface area contributed by atoms with Crippen LogP contribution in [0.15, 0.2) is 0 Å². The molecule has 0 amide bonds. The van der Waals surface area contributed by atoms with E-state index in [9.17, 15) is 43.2 Å². The Morgan fingerprint density at radius 1 is 0.265 bits per heavy atom. The Labute approximate surface area is 626 Å². The number of ether oxygens (including phenoxy) is 4. The van der Waals surface area contributed by atoms with E-state index in [-0.39, 0.29) is 25.7 Å². The van der Waals surface area contributed by atoms with Gasteiger partial charge in [-0.05, 0) is 37.5 Å². The van der Waals surface area contributed by atoms with Crippen molar-refractivity contribution >= 4 is 39.5 Å². The number of hydrogen-bond acceptors (Lipinski definition) is 15. The molecule has 5 atom stereocenters. The highest BCUT2D eigenvalue weighted by Gasteiger charge is 2.30. The van der Waals surface area contributed by atoms with E-state index in [0.29, 0.717) is 25.7 Å². The molecule has 0 aromatic rings. The SMILES string of the molecule is CCCCCCCCCCCCCCCCCCCCC(=O)O[C@H](COC(=O)CCCCCCCCCCCCCCCCCCC)COP(=O)(O)OC[C@@H](O)COP(=O)(O)OC[C@@H](COC(=O)CCCCCCCCCCCC(C)C)OC(=O)CCCCCCCCCCCCCCC(C)C. The first-order chi connectivity index (χ1) is 49.4. The fourth-order valence-corrected chi connectivity index (χ4v) is 14.5. The Hall–Kier alpha value is -1.94. The van der Waals surface area contributed by atoms with Crippen molar-refractivity contribution in [1.82, 2.24) is 0 Å². The highest BCUT2D eigenvalue weighted by atomic mass is 31.2. The molecule has 606 valence electrons. The molecule has 3 N–H and O–H groups in total. The van der Waals surface area contributed by atoms with Crippen molar-refractivity contribution in [3.05, 3.63) is 0 Å². The molecule has 2 unspecified atom stereocenters. The summed E-state index contributed by atoms with van der Waals surface area (Å²) in [6, 6.07) is 0. The smallest absolute Gasteiger partial charge is 0.462 e. The number of esters is 4. The van der Waals surface area contributed by atoms with Crippen molar-refractivity contribution in [2.45, 2.75) is 458 Å². The van der Waals surface area contributed by atoms with Crippen molar-refractivity contribution < 1.29 is 80.2 Å². The molecule has 0 saturated carbocycles. The topological polar surface area (TPSA) is 237 Å². The molecule has 0 rings (SSSR count). The third-order valence-corrected chi connectivity index (χ3v) is 21.4. The van der Waals surface area contributed by atoms with Gasteiger partial charge in [-0.2, -0.15) is 0 Å². The van der Waals surface area contributed by atoms with Gasteiger partial charge in [0.1, 0.15) is 19.3 Å². The van der Waals surface area contributed by atoms with Crippen LogP contribution >= 0.6 is 15.6 Å². The predicted molar refractivity (Wildman–Crippen MR) is 418 cm³/mol. The van der Waals surface area contributed by atoms with Crippen LogP contribution in [0.4, 0.5) is 0 Å². The number of carbonyl (C=O) groups is 4. The molecule has 0 aliphatic rings. The second-order valence-electron chi connectivity index (χ2n) is 30.8. The molecular weight excluding hydrogens is 1330 g/mol. The molecule has 19 heteroatoms. The van der Waals surface area contributed by atoms with Gasteiger partial charge in [0, 0.05) is 25.7 Å². The van der Waals surface area contributed by atoms with Gasteiger partial charge < -0.3 is 33.8 Å². The van der Waals surface area contributed by atoms with E-state index >= 15 is 0 Å². The van der Waals surface area contributed by atoms with Crippen LogP contribution in [0.3, 0.4) is 0 Å². The summed E-state index contributed by atoms with van der Waals surface area (Å²) in [4.78, 5) is 73.1. The van der Waals surface area contributed by atoms with Gasteiger partial charge in [0.05, 0.1) is 26.4 Å². The zero-order valence-electron chi connectivity index (χ0n) is 66.9. The standard InChI is InChI=1S/C83H162O17P2/c1-7-9-11-13-15-17-19-21-23-25-27-29-31-36-42-49-55-61-67-82(87)99-78(71-93-80(85)65-59-53-47-41-35-30-28-26-24-22-20-18-16-14-12-10-8-2)73-97-101(89,90)95-69-77(84)70-96-102(91,92)98-74-79(72-94-81(86)66-60-54-48-44-38-40-46-52-58-64-76(5)6)100-83(88)68-62-56-50-43-37-33-32-34-39-45-51-57-63-75(3)4/h75-79,84H,7-74H2,1-6H3,(H,89,90)(H,91,92)/t77-,78-,79-/m1/s1. The lowest BCUT2D eigenvalue weighted by Crippen LogP contribution is -2.30. The minimum Gasteiger partial charge on any atom is -0.462 e. The molecule has 0 fully saturated rings. The van der Waals surface area contributed by atoms with Crippen LogP contribution in [-0.2, 0) is 65.4 Å². The van der Waals surface area contributed by atoms with Crippen molar-refractivity contribution in [1.29, 1.82) is 0 Å². The summed E-state index contributed by atoms with van der Waals surface area (Å²) in [5, 5.41) is 10.7. The van der Waals surface area contributed by atoms with Crippen molar-refractivity contribution in [2.24, 2.45) is 11.8 Å². The molecule has 0 saturated heterocycles. The fourth-order valence-electron chi connectivity index (χ4n) is 12.9. The normalized spacial score (nSPS) is 13.9. The van der Waals surface area contributed by atoms with Crippen LogP contribution in [0, 0.1) is 11.8 Å². The lowest BCUT2D eigenvalue weighted by molar-refractivity contribution is -0.161. The number of phosphoric acid groups is 2. The van der Waals surface area contributed by atoms with Crippen LogP contribution in [0.5, 0.6) is 0 Å². The van der Waals surface area contributed by atoms with Gasteiger partial charge in [0.25, 0.3) is 0 Å². The van der Waals surface area contributed by atoms with Gasteiger partial charge in [-0.1, -0.05) is 388 Å². The molecule has 102 heavy (non-hydrogen) atoms. The minimum atomic E-state index is -4.96. The first-order valence-corrected chi connectivity index (χ1v) is 46.0. The minimum absolute atomic E-state index is 0.107. The average Bonchev–Trinajstić information content (AvgIpc) is 0.924. The number of rotatable bonds is 82. The first-order valence-electron chi connectivity index (χ1n) is 43.0. The Kier molecular flexibility index (Phi) is 73.1. The van der Waals surface area contributed by atoms with Gasteiger partial charge in [-0.15, -0.1) is 0 Å². The summed E-state index contributed by atoms with van der Waals surface area (Å²) in [6.07, 6.45) is 65.2. The maximum atomic E-state index is 13.1. The van der Waals surface area contributed by atoms with Crippen LogP contribution < -0.4 is 0 Å². The van der Waals surface area contributed by atoms with Crippen molar-refractivity contribution in [2.75, 3.05) is 39.6 Å². The highest BCUT2D eigenvalue weighted by molar-refractivity contribution is 7.47. The second-order valence-corrected chi connectivity index (χ2v) is 33.7. The third kappa shape index (κ3) is 76.3. The molecule has 0 aliphatic carbocycles. The zero-order valence-corrected chi connectivity index (χ0v) is 68.7. The Bertz CT molecular complexity index is 1960. The zero-order chi connectivity index (χ0) is 74.9. The summed E-state index contributed by atoms with van der Waals surface area (Å²) in [7, 11) is -9.92. The number of unbranched alkanes of at least 4 members (excludes halogenated alkanes) is 52. The highest BCUT2D eigenvalue weighted by Crippen LogP contribution is 2.45. The summed E-state index contributed by atoms with van der Waals surface area (Å²) < 4.78 is 68.8. The van der Waals surface area contributed by atoms with E-state index in [4.69, 9.17) is 37.0 Å². The molecule has 0 heterocycles. The lowest BCUT2D eigenvalue weighted by atomic mass is 10.0. The molecular formula is C83H162O17P2. The Morgan fingerprint density at radius 2 is 0.451 bits per heavy atom. The van der Waals surface area contributed by atoms with Crippen LogP contribution in [0.2, 0.25) is 0 Å². The third-order valence-electron chi connectivity index (χ3n) is 19.5. The van der Waals surface area contributed by atoms with E-state index in [1.807, 2.05) is 0 Å². The van der Waals surface area contributed by atoms with Crippen LogP contribution in [-0.4, -0.2) is 96.7 Å². The molecule has 0 spiro atoms. The van der Waals surface area contributed by atoms with E-state index in [2.05, 4.69) is 41.5 Å². The molecule has 0 radical (unpaired) electrons. The number of hydrogen-bond donors (Lipinski definition) is 3. The lowest BCUT2D eigenvalue weighted by Gasteiger charge is -2.21. The van der Waals surface area contributed by atoms with E-state index in [1.165, 1.54) is 257 Å². The van der Waals surface area contributed by atoms with E-state index < -0.39 is 97.5 Å². The van der Waals surface area contributed by atoms with E-state index in [1.54, 1.807) is 0 Å². The summed E-state index contributed by atoms with van der Waals surface area (Å²) in [6.45, 7) is 9.65. The maximum absolute atomic E-state index is 13.1. The summed E-state index contributed by atoms with van der Waals surface area (Å²) >= 11 is 0. The Balaban J connectivity index is 5.26. The molecule has 0 aliphatic heterocycles. The fraction of sp³-hybridized carbons (Fsp3) is 0.952. The quantitative estimate of drug-likeness (QED) is 0.0222. The monoisotopic (exact) mass is 1490 g/mol. The van der Waals surface area contributed by atoms with Crippen molar-refractivity contribution in [3.63, 3.8) is 0 Å².